The highest BCUT2D eigenvalue weighted by molar-refractivity contribution is 9.10. The van der Waals surface area contributed by atoms with Crippen LogP contribution in [0.15, 0.2) is 28.7 Å². The molecule has 0 amide bonds. The molecule has 1 saturated carbocycles. The first-order chi connectivity index (χ1) is 8.83. The Balaban J connectivity index is 1.50. The third kappa shape index (κ3) is 2.44. The van der Waals surface area contributed by atoms with E-state index in [0.29, 0.717) is 18.5 Å². The highest BCUT2D eigenvalue weighted by atomic mass is 79.9. The highest BCUT2D eigenvalue weighted by Crippen LogP contribution is 2.39. The summed E-state index contributed by atoms with van der Waals surface area (Å²) in [6.45, 7) is 0.684. The highest BCUT2D eigenvalue weighted by Gasteiger charge is 2.30. The van der Waals surface area contributed by atoms with E-state index in [1.807, 2.05) is 0 Å². The van der Waals surface area contributed by atoms with Gasteiger partial charge >= 0.3 is 0 Å². The van der Waals surface area contributed by atoms with E-state index in [4.69, 9.17) is 0 Å². The summed E-state index contributed by atoms with van der Waals surface area (Å²) in [4.78, 5) is 0. The zero-order valence-electron chi connectivity index (χ0n) is 9.81. The molecule has 0 aliphatic heterocycles. The van der Waals surface area contributed by atoms with Crippen LogP contribution < -0.4 is 5.32 Å². The van der Waals surface area contributed by atoms with E-state index in [1.165, 1.54) is 22.9 Å². The van der Waals surface area contributed by atoms with Gasteiger partial charge in [0, 0.05) is 10.5 Å². The van der Waals surface area contributed by atoms with Crippen molar-refractivity contribution in [2.75, 3.05) is 0 Å². The van der Waals surface area contributed by atoms with Crippen molar-refractivity contribution in [3.63, 3.8) is 0 Å². The maximum atomic E-state index is 3.92. The summed E-state index contributed by atoms with van der Waals surface area (Å²) in [6, 6.07) is 9.01. The van der Waals surface area contributed by atoms with Gasteiger partial charge in [0.1, 0.15) is 0 Å². The van der Waals surface area contributed by atoms with Gasteiger partial charge in [-0.1, -0.05) is 39.3 Å². The molecule has 1 aromatic carbocycles. The number of aromatic nitrogens is 4. The largest absolute Gasteiger partial charge is 0.307 e. The molecule has 1 fully saturated rings. The molecule has 5 nitrogen and oxygen atoms in total. The van der Waals surface area contributed by atoms with Crippen molar-refractivity contribution < 1.29 is 0 Å². The zero-order valence-corrected chi connectivity index (χ0v) is 11.4. The first-order valence-corrected chi connectivity index (χ1v) is 6.82. The second-order valence-electron chi connectivity index (χ2n) is 4.60. The van der Waals surface area contributed by atoms with E-state index in [-0.39, 0.29) is 0 Å². The van der Waals surface area contributed by atoms with Crippen molar-refractivity contribution in [1.29, 1.82) is 0 Å². The van der Waals surface area contributed by atoms with Crippen LogP contribution in [0, 0.1) is 0 Å². The predicted octanol–water partition coefficient (Wildman–Crippen LogP) is 2.00. The van der Waals surface area contributed by atoms with Gasteiger partial charge in [-0.2, -0.15) is 5.21 Å². The first-order valence-electron chi connectivity index (χ1n) is 6.03. The van der Waals surface area contributed by atoms with Crippen molar-refractivity contribution in [3.05, 3.63) is 40.1 Å². The maximum absolute atomic E-state index is 3.92. The maximum Gasteiger partial charge on any atom is 0.188 e. The number of rotatable bonds is 4. The minimum atomic E-state index is 0.556. The summed E-state index contributed by atoms with van der Waals surface area (Å²) in [5, 5.41) is 17.3. The fraction of sp³-hybridized carbons (Fsp3) is 0.417. The van der Waals surface area contributed by atoms with Crippen molar-refractivity contribution in [2.24, 2.45) is 0 Å². The molecule has 6 heteroatoms. The lowest BCUT2D eigenvalue weighted by atomic mass is 9.76. The van der Waals surface area contributed by atoms with Crippen LogP contribution in [0.5, 0.6) is 0 Å². The van der Waals surface area contributed by atoms with Gasteiger partial charge in [0.2, 0.25) is 0 Å². The number of H-pyrrole nitrogens is 1. The zero-order chi connectivity index (χ0) is 12.4. The van der Waals surface area contributed by atoms with Crippen molar-refractivity contribution in [1.82, 2.24) is 25.9 Å². The minimum Gasteiger partial charge on any atom is -0.307 e. The smallest absolute Gasteiger partial charge is 0.188 e. The van der Waals surface area contributed by atoms with Crippen molar-refractivity contribution in [2.45, 2.75) is 31.3 Å². The first kappa shape index (κ1) is 11.8. The molecule has 2 N–H and O–H groups in total. The number of aromatic amines is 1. The van der Waals surface area contributed by atoms with Crippen LogP contribution in [0.4, 0.5) is 0 Å². The van der Waals surface area contributed by atoms with Crippen LogP contribution in [0.25, 0.3) is 0 Å². The molecule has 3 rings (SSSR count). The lowest BCUT2D eigenvalue weighted by molar-refractivity contribution is 0.287. The summed E-state index contributed by atoms with van der Waals surface area (Å²) < 4.78 is 1.21. The standard InChI is InChI=1S/C12H14BrN5/c13-11-4-2-1-3-10(11)8-5-9(6-8)14-7-12-15-17-18-16-12/h1-4,8-9,14H,5-7H2,(H,15,16,17,18). The molecule has 0 unspecified atom stereocenters. The molecule has 94 valence electrons. The molecule has 1 aliphatic carbocycles. The minimum absolute atomic E-state index is 0.556. The quantitative estimate of drug-likeness (QED) is 0.906. The van der Waals surface area contributed by atoms with E-state index in [0.717, 1.165) is 5.82 Å². The van der Waals surface area contributed by atoms with Crippen LogP contribution >= 0.6 is 15.9 Å². The topological polar surface area (TPSA) is 66.5 Å². The lowest BCUT2D eigenvalue weighted by Crippen LogP contribution is -2.39. The van der Waals surface area contributed by atoms with Gasteiger partial charge in [-0.05, 0) is 30.4 Å². The third-order valence-electron chi connectivity index (χ3n) is 3.42. The second kappa shape index (κ2) is 5.16. The number of hydrogen-bond acceptors (Lipinski definition) is 4. The normalized spacial score (nSPS) is 22.7. The molecule has 0 radical (unpaired) electrons. The van der Waals surface area contributed by atoms with Crippen LogP contribution in [-0.4, -0.2) is 26.7 Å². The number of nitrogens with one attached hydrogen (secondary N) is 2. The van der Waals surface area contributed by atoms with Gasteiger partial charge in [0.15, 0.2) is 5.82 Å². The molecular weight excluding hydrogens is 294 g/mol. The Labute approximate surface area is 113 Å². The van der Waals surface area contributed by atoms with Crippen LogP contribution in [0.2, 0.25) is 0 Å². The van der Waals surface area contributed by atoms with Crippen molar-refractivity contribution >= 4 is 15.9 Å². The molecule has 1 heterocycles. The predicted molar refractivity (Wildman–Crippen MR) is 70.9 cm³/mol. The monoisotopic (exact) mass is 307 g/mol. The lowest BCUT2D eigenvalue weighted by Gasteiger charge is -2.36. The van der Waals surface area contributed by atoms with E-state index in [2.05, 4.69) is 66.1 Å². The molecular formula is C12H14BrN5. The van der Waals surface area contributed by atoms with Crippen LogP contribution in [0.1, 0.15) is 30.1 Å². The number of tetrazole rings is 1. The molecule has 0 saturated heterocycles. The Hall–Kier alpha value is -1.27. The van der Waals surface area contributed by atoms with Crippen molar-refractivity contribution in [3.8, 4) is 0 Å². The summed E-state index contributed by atoms with van der Waals surface area (Å²) >= 11 is 3.61. The van der Waals surface area contributed by atoms with E-state index in [9.17, 15) is 0 Å². The molecule has 0 spiro atoms. The second-order valence-corrected chi connectivity index (χ2v) is 5.45. The Morgan fingerprint density at radius 3 is 2.89 bits per heavy atom. The number of halogens is 1. The van der Waals surface area contributed by atoms with E-state index >= 15 is 0 Å². The van der Waals surface area contributed by atoms with Gasteiger partial charge in [0.05, 0.1) is 6.54 Å². The molecule has 1 aromatic heterocycles. The fourth-order valence-electron chi connectivity index (χ4n) is 2.34. The molecule has 0 atom stereocenters. The Morgan fingerprint density at radius 2 is 2.17 bits per heavy atom. The summed E-state index contributed by atoms with van der Waals surface area (Å²) in [5.41, 5.74) is 1.41. The van der Waals surface area contributed by atoms with Gasteiger partial charge in [-0.25, -0.2) is 0 Å². The van der Waals surface area contributed by atoms with Gasteiger partial charge in [-0.15, -0.1) is 10.2 Å². The third-order valence-corrected chi connectivity index (χ3v) is 4.14. The average Bonchev–Trinajstić information content (AvgIpc) is 2.82. The molecule has 2 aromatic rings. The number of hydrogen-bond donors (Lipinski definition) is 2. The van der Waals surface area contributed by atoms with Gasteiger partial charge in [-0.3, -0.25) is 0 Å². The Kier molecular flexibility index (Phi) is 3.38. The SMILES string of the molecule is Brc1ccccc1C1CC(NCc2nn[nH]n2)C1. The van der Waals surface area contributed by atoms with Crippen LogP contribution in [-0.2, 0) is 6.54 Å². The number of benzene rings is 1. The molecule has 18 heavy (non-hydrogen) atoms. The van der Waals surface area contributed by atoms with E-state index in [1.54, 1.807) is 0 Å². The Bertz CT molecular complexity index is 507. The number of nitrogens with zero attached hydrogens (tertiary/aromatic N) is 3. The molecule has 1 aliphatic rings. The van der Waals surface area contributed by atoms with Gasteiger partial charge in [0.25, 0.3) is 0 Å². The fourth-order valence-corrected chi connectivity index (χ4v) is 2.95. The Morgan fingerprint density at radius 1 is 1.33 bits per heavy atom. The summed E-state index contributed by atoms with van der Waals surface area (Å²) in [7, 11) is 0. The summed E-state index contributed by atoms with van der Waals surface area (Å²) in [6.07, 6.45) is 2.33. The van der Waals surface area contributed by atoms with Gasteiger partial charge < -0.3 is 5.32 Å². The van der Waals surface area contributed by atoms with Crippen LogP contribution in [0.3, 0.4) is 0 Å². The molecule has 0 bridgehead atoms. The van der Waals surface area contributed by atoms with E-state index < -0.39 is 0 Å². The summed E-state index contributed by atoms with van der Waals surface area (Å²) in [5.74, 6) is 1.38. The average molecular weight is 308 g/mol.